The average Bonchev–Trinajstić information content (AvgIpc) is 2.73. The molecule has 0 radical (unpaired) electrons. The third kappa shape index (κ3) is 5.41. The molecule has 0 fully saturated rings. The van der Waals surface area contributed by atoms with Crippen LogP contribution in [0.2, 0.25) is 0 Å². The maximum Gasteiger partial charge on any atom is 0.273 e. The van der Waals surface area contributed by atoms with Crippen LogP contribution in [-0.4, -0.2) is 23.3 Å². The smallest absolute Gasteiger partial charge is 0.273 e. The third-order valence-corrected chi connectivity index (χ3v) is 4.19. The summed E-state index contributed by atoms with van der Waals surface area (Å²) in [4.78, 5) is 35.0. The fourth-order valence-corrected chi connectivity index (χ4v) is 2.68. The summed E-state index contributed by atoms with van der Waals surface area (Å²) in [5, 5.41) is 16.4. The van der Waals surface area contributed by atoms with Crippen molar-refractivity contribution in [2.24, 2.45) is 0 Å². The average molecular weight is 405 g/mol. The zero-order chi connectivity index (χ0) is 21.5. The lowest BCUT2D eigenvalue weighted by molar-refractivity contribution is -0.385. The SMILES string of the molecule is Cc1ccc(C(=O)Nc2cccc(OCC(=O)Nc3ccccc3)c2)cc1[N+](=O)[O-]. The summed E-state index contributed by atoms with van der Waals surface area (Å²) in [6.07, 6.45) is 0. The summed E-state index contributed by atoms with van der Waals surface area (Å²) in [5.74, 6) is -0.412. The molecule has 30 heavy (non-hydrogen) atoms. The van der Waals surface area contributed by atoms with Gasteiger partial charge in [0.15, 0.2) is 6.61 Å². The quantitative estimate of drug-likeness (QED) is 0.453. The Kier molecular flexibility index (Phi) is 6.39. The molecule has 0 atom stereocenters. The molecular weight excluding hydrogens is 386 g/mol. The fourth-order valence-electron chi connectivity index (χ4n) is 2.68. The Morgan fingerprint density at radius 1 is 0.933 bits per heavy atom. The van der Waals surface area contributed by atoms with Crippen LogP contribution in [0.25, 0.3) is 0 Å². The molecule has 0 unspecified atom stereocenters. The van der Waals surface area contributed by atoms with Gasteiger partial charge in [0.25, 0.3) is 17.5 Å². The summed E-state index contributed by atoms with van der Waals surface area (Å²) in [5.41, 5.74) is 1.62. The first-order chi connectivity index (χ1) is 14.4. The Balaban J connectivity index is 1.61. The van der Waals surface area contributed by atoms with Gasteiger partial charge in [-0.1, -0.05) is 30.3 Å². The first-order valence-electron chi connectivity index (χ1n) is 9.06. The number of carbonyl (C=O) groups excluding carboxylic acids is 2. The molecule has 0 aliphatic rings. The van der Waals surface area contributed by atoms with E-state index in [1.165, 1.54) is 18.2 Å². The first-order valence-corrected chi connectivity index (χ1v) is 9.06. The molecule has 3 aromatic rings. The number of ether oxygens (including phenoxy) is 1. The van der Waals surface area contributed by atoms with Crippen LogP contribution in [0.3, 0.4) is 0 Å². The van der Waals surface area contributed by atoms with Crippen LogP contribution in [0.1, 0.15) is 15.9 Å². The maximum absolute atomic E-state index is 12.4. The van der Waals surface area contributed by atoms with Crippen LogP contribution in [0.15, 0.2) is 72.8 Å². The molecule has 0 aliphatic heterocycles. The normalized spacial score (nSPS) is 10.2. The van der Waals surface area contributed by atoms with E-state index in [2.05, 4.69) is 10.6 Å². The molecule has 3 aromatic carbocycles. The minimum Gasteiger partial charge on any atom is -0.484 e. The summed E-state index contributed by atoms with van der Waals surface area (Å²) < 4.78 is 5.48. The maximum atomic E-state index is 12.4. The molecule has 0 bridgehead atoms. The van der Waals surface area contributed by atoms with Gasteiger partial charge < -0.3 is 15.4 Å². The number of nitro benzene ring substituents is 1. The summed E-state index contributed by atoms with van der Waals surface area (Å²) >= 11 is 0. The number of carbonyl (C=O) groups is 2. The van der Waals surface area contributed by atoms with Crippen molar-refractivity contribution in [2.75, 3.05) is 17.2 Å². The predicted octanol–water partition coefficient (Wildman–Crippen LogP) is 4.17. The van der Waals surface area contributed by atoms with Crippen LogP contribution >= 0.6 is 0 Å². The number of nitro groups is 1. The van der Waals surface area contributed by atoms with Crippen molar-refractivity contribution in [1.29, 1.82) is 0 Å². The van der Waals surface area contributed by atoms with E-state index in [1.807, 2.05) is 18.2 Å². The molecule has 8 heteroatoms. The van der Waals surface area contributed by atoms with E-state index >= 15 is 0 Å². The van der Waals surface area contributed by atoms with Crippen LogP contribution in [0, 0.1) is 17.0 Å². The predicted molar refractivity (Wildman–Crippen MR) is 113 cm³/mol. The Morgan fingerprint density at radius 2 is 1.67 bits per heavy atom. The highest BCUT2D eigenvalue weighted by Crippen LogP contribution is 2.22. The van der Waals surface area contributed by atoms with Crippen molar-refractivity contribution in [3.63, 3.8) is 0 Å². The molecule has 152 valence electrons. The van der Waals surface area contributed by atoms with Gasteiger partial charge in [0.1, 0.15) is 5.75 Å². The Bertz CT molecular complexity index is 1080. The number of hydrogen-bond donors (Lipinski definition) is 2. The Labute approximate surface area is 172 Å². The van der Waals surface area contributed by atoms with E-state index in [-0.39, 0.29) is 23.8 Å². The van der Waals surface area contributed by atoms with Gasteiger partial charge in [0, 0.05) is 34.6 Å². The Hall–Kier alpha value is -4.20. The largest absolute Gasteiger partial charge is 0.484 e. The molecule has 2 N–H and O–H groups in total. The van der Waals surface area contributed by atoms with Crippen molar-refractivity contribution >= 4 is 28.9 Å². The van der Waals surface area contributed by atoms with Crippen LogP contribution < -0.4 is 15.4 Å². The van der Waals surface area contributed by atoms with E-state index in [0.717, 1.165) is 0 Å². The third-order valence-electron chi connectivity index (χ3n) is 4.19. The molecular formula is C22H19N3O5. The van der Waals surface area contributed by atoms with E-state index < -0.39 is 10.8 Å². The lowest BCUT2D eigenvalue weighted by Crippen LogP contribution is -2.20. The number of anilines is 2. The van der Waals surface area contributed by atoms with Gasteiger partial charge in [-0.05, 0) is 37.3 Å². The number of rotatable bonds is 7. The van der Waals surface area contributed by atoms with Crippen LogP contribution in [-0.2, 0) is 4.79 Å². The summed E-state index contributed by atoms with van der Waals surface area (Å²) in [6, 6.07) is 19.8. The van der Waals surface area contributed by atoms with E-state index in [9.17, 15) is 19.7 Å². The van der Waals surface area contributed by atoms with Crippen molar-refractivity contribution in [2.45, 2.75) is 6.92 Å². The van der Waals surface area contributed by atoms with Crippen LogP contribution in [0.4, 0.5) is 17.1 Å². The number of amides is 2. The highest BCUT2D eigenvalue weighted by Gasteiger charge is 2.15. The first kappa shape index (κ1) is 20.5. The second-order valence-corrected chi connectivity index (χ2v) is 6.44. The van der Waals surface area contributed by atoms with Crippen molar-refractivity contribution in [3.05, 3.63) is 94.0 Å². The molecule has 0 saturated carbocycles. The highest BCUT2D eigenvalue weighted by molar-refractivity contribution is 6.04. The molecule has 3 rings (SSSR count). The minimum atomic E-state index is -0.527. The molecule has 2 amide bonds. The Morgan fingerprint density at radius 3 is 2.40 bits per heavy atom. The lowest BCUT2D eigenvalue weighted by Gasteiger charge is -2.10. The number of hydrogen-bond acceptors (Lipinski definition) is 5. The van der Waals surface area contributed by atoms with Crippen molar-refractivity contribution in [3.8, 4) is 5.75 Å². The second kappa shape index (κ2) is 9.33. The topological polar surface area (TPSA) is 111 Å². The lowest BCUT2D eigenvalue weighted by atomic mass is 10.1. The van der Waals surface area contributed by atoms with Gasteiger partial charge in [-0.2, -0.15) is 0 Å². The number of aryl methyl sites for hydroxylation is 1. The number of benzene rings is 3. The van der Waals surface area contributed by atoms with Crippen molar-refractivity contribution < 1.29 is 19.2 Å². The van der Waals surface area contributed by atoms with Gasteiger partial charge in [0.2, 0.25) is 0 Å². The monoisotopic (exact) mass is 405 g/mol. The molecule has 0 aliphatic carbocycles. The number of nitrogens with zero attached hydrogens (tertiary/aromatic N) is 1. The minimum absolute atomic E-state index is 0.121. The summed E-state index contributed by atoms with van der Waals surface area (Å²) in [6.45, 7) is 1.41. The number of nitrogens with one attached hydrogen (secondary N) is 2. The van der Waals surface area contributed by atoms with Gasteiger partial charge in [-0.15, -0.1) is 0 Å². The second-order valence-electron chi connectivity index (χ2n) is 6.44. The molecule has 0 spiro atoms. The summed E-state index contributed by atoms with van der Waals surface area (Å²) in [7, 11) is 0. The van der Waals surface area contributed by atoms with Crippen LogP contribution in [0.5, 0.6) is 5.75 Å². The molecule has 0 saturated heterocycles. The molecule has 0 heterocycles. The van der Waals surface area contributed by atoms with E-state index in [1.54, 1.807) is 43.3 Å². The highest BCUT2D eigenvalue weighted by atomic mass is 16.6. The standard InChI is InChI=1S/C22H19N3O5/c1-15-10-11-16(12-20(15)25(28)29)22(27)24-18-8-5-9-19(13-18)30-14-21(26)23-17-6-3-2-4-7-17/h2-13H,14H2,1H3,(H,23,26)(H,24,27). The van der Waals surface area contributed by atoms with Crippen molar-refractivity contribution in [1.82, 2.24) is 0 Å². The fraction of sp³-hybridized carbons (Fsp3) is 0.0909. The van der Waals surface area contributed by atoms with Gasteiger partial charge in [0.05, 0.1) is 4.92 Å². The zero-order valence-corrected chi connectivity index (χ0v) is 16.1. The van der Waals surface area contributed by atoms with Gasteiger partial charge >= 0.3 is 0 Å². The zero-order valence-electron chi connectivity index (χ0n) is 16.1. The number of para-hydroxylation sites is 1. The van der Waals surface area contributed by atoms with E-state index in [0.29, 0.717) is 22.7 Å². The van der Waals surface area contributed by atoms with E-state index in [4.69, 9.17) is 4.74 Å². The van der Waals surface area contributed by atoms with Gasteiger partial charge in [-0.25, -0.2) is 0 Å². The molecule has 8 nitrogen and oxygen atoms in total. The van der Waals surface area contributed by atoms with Gasteiger partial charge in [-0.3, -0.25) is 19.7 Å². The molecule has 0 aromatic heterocycles.